The molecule has 0 fully saturated rings. The largest absolute Gasteiger partial charge is 0.361 e. The minimum Gasteiger partial charge on any atom is -0.361 e. The van der Waals surface area contributed by atoms with Gasteiger partial charge in [-0.3, -0.25) is 25.2 Å². The number of carbonyl (C=O) groups is 3. The summed E-state index contributed by atoms with van der Waals surface area (Å²) in [7, 11) is 0. The number of hydrogen-bond donors (Lipinski definition) is 4. The molecule has 0 saturated carbocycles. The highest BCUT2D eigenvalue weighted by molar-refractivity contribution is 5.89. The third-order valence-electron chi connectivity index (χ3n) is 3.09. The summed E-state index contributed by atoms with van der Waals surface area (Å²) >= 11 is 0. The predicted molar refractivity (Wildman–Crippen MR) is 81.6 cm³/mol. The maximum absolute atomic E-state index is 11.8. The Hall–Kier alpha value is -2.83. The monoisotopic (exact) mass is 302 g/mol. The van der Waals surface area contributed by atoms with E-state index >= 15 is 0 Å². The molecule has 2 aromatic rings. The first-order chi connectivity index (χ1) is 10.6. The van der Waals surface area contributed by atoms with Crippen molar-refractivity contribution in [2.45, 2.75) is 19.8 Å². The number of nitrogens with one attached hydrogen (secondary N) is 4. The Balaban J connectivity index is 1.78. The van der Waals surface area contributed by atoms with Gasteiger partial charge in [0.1, 0.15) is 0 Å². The molecular formula is C15H18N4O3. The first-order valence-corrected chi connectivity index (χ1v) is 6.93. The second-order valence-electron chi connectivity index (χ2n) is 4.87. The molecule has 2 rings (SSSR count). The molecule has 0 aliphatic carbocycles. The van der Waals surface area contributed by atoms with Gasteiger partial charge in [-0.2, -0.15) is 0 Å². The molecular weight excluding hydrogens is 284 g/mol. The number of fused-ring (bicyclic) bond motifs is 1. The lowest BCUT2D eigenvalue weighted by molar-refractivity contribution is -0.128. The number of rotatable bonds is 5. The average Bonchev–Trinajstić information content (AvgIpc) is 2.88. The van der Waals surface area contributed by atoms with Crippen LogP contribution in [0.5, 0.6) is 0 Å². The summed E-state index contributed by atoms with van der Waals surface area (Å²) in [6.45, 7) is 1.61. The van der Waals surface area contributed by atoms with Crippen molar-refractivity contribution in [2.75, 3.05) is 6.54 Å². The fourth-order valence-electron chi connectivity index (χ4n) is 2.05. The van der Waals surface area contributed by atoms with Gasteiger partial charge in [-0.15, -0.1) is 0 Å². The van der Waals surface area contributed by atoms with Crippen LogP contribution in [0.3, 0.4) is 0 Å². The van der Waals surface area contributed by atoms with Crippen LogP contribution in [0.15, 0.2) is 30.5 Å². The van der Waals surface area contributed by atoms with Gasteiger partial charge in [-0.25, -0.2) is 0 Å². The lowest BCUT2D eigenvalue weighted by atomic mass is 10.1. The molecule has 1 heterocycles. The number of carbonyl (C=O) groups excluding carboxylic acids is 3. The molecule has 1 aromatic carbocycles. The molecule has 3 amide bonds. The van der Waals surface area contributed by atoms with Crippen molar-refractivity contribution in [3.63, 3.8) is 0 Å². The van der Waals surface area contributed by atoms with E-state index in [1.54, 1.807) is 6.20 Å². The first kappa shape index (κ1) is 15.6. The third-order valence-corrected chi connectivity index (χ3v) is 3.09. The molecule has 1 aromatic heterocycles. The molecule has 7 nitrogen and oxygen atoms in total. The summed E-state index contributed by atoms with van der Waals surface area (Å²) in [5.74, 6) is -0.866. The molecule has 0 aliphatic heterocycles. The second-order valence-corrected chi connectivity index (χ2v) is 4.87. The maximum Gasteiger partial charge on any atom is 0.242 e. The maximum atomic E-state index is 11.8. The van der Waals surface area contributed by atoms with E-state index in [1.165, 1.54) is 6.92 Å². The number of aromatic amines is 1. The molecule has 4 N–H and O–H groups in total. The second kappa shape index (κ2) is 7.26. The summed E-state index contributed by atoms with van der Waals surface area (Å²) in [5.41, 5.74) is 6.50. The smallest absolute Gasteiger partial charge is 0.242 e. The zero-order valence-corrected chi connectivity index (χ0v) is 12.2. The van der Waals surface area contributed by atoms with Crippen LogP contribution in [-0.2, 0) is 20.8 Å². The van der Waals surface area contributed by atoms with E-state index in [-0.39, 0.29) is 37.1 Å². The van der Waals surface area contributed by atoms with Gasteiger partial charge >= 0.3 is 0 Å². The van der Waals surface area contributed by atoms with Crippen LogP contribution in [0.4, 0.5) is 0 Å². The SMILES string of the molecule is CC(=O)NCCC(=O)NNC(=O)Cc1c[nH]c2ccccc12. The van der Waals surface area contributed by atoms with Gasteiger partial charge in [0.05, 0.1) is 6.42 Å². The van der Waals surface area contributed by atoms with Crippen LogP contribution in [-0.4, -0.2) is 29.3 Å². The third kappa shape index (κ3) is 4.34. The van der Waals surface area contributed by atoms with Crippen molar-refractivity contribution >= 4 is 28.6 Å². The van der Waals surface area contributed by atoms with Gasteiger partial charge in [0.2, 0.25) is 17.7 Å². The summed E-state index contributed by atoms with van der Waals surface area (Å²) < 4.78 is 0. The Labute approximate surface area is 127 Å². The van der Waals surface area contributed by atoms with E-state index in [1.807, 2.05) is 24.3 Å². The van der Waals surface area contributed by atoms with Gasteiger partial charge in [-0.1, -0.05) is 18.2 Å². The average molecular weight is 302 g/mol. The van der Waals surface area contributed by atoms with Crippen LogP contribution in [0.25, 0.3) is 10.9 Å². The van der Waals surface area contributed by atoms with E-state index in [9.17, 15) is 14.4 Å². The van der Waals surface area contributed by atoms with Gasteiger partial charge in [0.25, 0.3) is 0 Å². The Bertz CT molecular complexity index is 693. The normalized spacial score (nSPS) is 10.2. The molecule has 0 saturated heterocycles. The standard InChI is InChI=1S/C15H18N4O3/c1-10(20)16-7-6-14(21)18-19-15(22)8-11-9-17-13-5-3-2-4-12(11)13/h2-5,9,17H,6-8H2,1H3,(H,16,20)(H,18,21)(H,19,22). The van der Waals surface area contributed by atoms with Crippen LogP contribution < -0.4 is 16.2 Å². The highest BCUT2D eigenvalue weighted by atomic mass is 16.2. The van der Waals surface area contributed by atoms with E-state index in [4.69, 9.17) is 0 Å². The molecule has 0 aliphatic rings. The van der Waals surface area contributed by atoms with Crippen molar-refractivity contribution in [3.8, 4) is 0 Å². The molecule has 0 spiro atoms. The van der Waals surface area contributed by atoms with E-state index in [0.29, 0.717) is 0 Å². The van der Waals surface area contributed by atoms with E-state index < -0.39 is 0 Å². The number of aromatic nitrogens is 1. The quantitative estimate of drug-likeness (QED) is 0.600. The molecule has 22 heavy (non-hydrogen) atoms. The minimum atomic E-state index is -0.360. The van der Waals surface area contributed by atoms with Crippen molar-refractivity contribution in [1.29, 1.82) is 0 Å². The van der Waals surface area contributed by atoms with Crippen LogP contribution in [0.1, 0.15) is 18.9 Å². The Kier molecular flexibility index (Phi) is 5.13. The molecule has 7 heteroatoms. The Morgan fingerprint density at radius 1 is 1.09 bits per heavy atom. The van der Waals surface area contributed by atoms with Crippen molar-refractivity contribution in [1.82, 2.24) is 21.2 Å². The van der Waals surface area contributed by atoms with Crippen LogP contribution in [0, 0.1) is 0 Å². The van der Waals surface area contributed by atoms with Crippen LogP contribution in [0.2, 0.25) is 0 Å². The Morgan fingerprint density at radius 3 is 2.59 bits per heavy atom. The number of hydrazine groups is 1. The number of hydrogen-bond acceptors (Lipinski definition) is 3. The topological polar surface area (TPSA) is 103 Å². The molecule has 0 atom stereocenters. The minimum absolute atomic E-state index is 0.104. The van der Waals surface area contributed by atoms with Gasteiger partial charge in [-0.05, 0) is 11.6 Å². The highest BCUT2D eigenvalue weighted by Crippen LogP contribution is 2.17. The van der Waals surface area contributed by atoms with Crippen molar-refractivity contribution < 1.29 is 14.4 Å². The summed E-state index contributed by atoms with van der Waals surface area (Å²) in [6.07, 6.45) is 2.05. The van der Waals surface area contributed by atoms with Crippen molar-refractivity contribution in [3.05, 3.63) is 36.0 Å². The highest BCUT2D eigenvalue weighted by Gasteiger charge is 2.09. The Morgan fingerprint density at radius 2 is 1.82 bits per heavy atom. The van der Waals surface area contributed by atoms with E-state index in [0.717, 1.165) is 16.5 Å². The molecule has 0 bridgehead atoms. The fraction of sp³-hybridized carbons (Fsp3) is 0.267. The van der Waals surface area contributed by atoms with Gasteiger partial charge in [0, 0.05) is 37.0 Å². The summed E-state index contributed by atoms with van der Waals surface area (Å²) in [4.78, 5) is 37.0. The molecule has 0 unspecified atom stereocenters. The fourth-order valence-corrected chi connectivity index (χ4v) is 2.05. The van der Waals surface area contributed by atoms with Crippen molar-refractivity contribution in [2.24, 2.45) is 0 Å². The zero-order valence-electron chi connectivity index (χ0n) is 12.2. The van der Waals surface area contributed by atoms with E-state index in [2.05, 4.69) is 21.2 Å². The molecule has 0 radical (unpaired) electrons. The lowest BCUT2D eigenvalue weighted by Gasteiger charge is -2.07. The molecule has 116 valence electrons. The van der Waals surface area contributed by atoms with Gasteiger partial charge in [0.15, 0.2) is 0 Å². The van der Waals surface area contributed by atoms with Crippen LogP contribution >= 0.6 is 0 Å². The number of benzene rings is 1. The predicted octanol–water partition coefficient (Wildman–Crippen LogP) is 0.384. The number of para-hydroxylation sites is 1. The summed E-state index contributed by atoms with van der Waals surface area (Å²) in [6, 6.07) is 7.68. The lowest BCUT2D eigenvalue weighted by Crippen LogP contribution is -2.43. The number of amides is 3. The summed E-state index contributed by atoms with van der Waals surface area (Å²) in [5, 5.41) is 3.49. The first-order valence-electron chi connectivity index (χ1n) is 6.93. The number of H-pyrrole nitrogens is 1. The zero-order chi connectivity index (χ0) is 15.9. The van der Waals surface area contributed by atoms with Gasteiger partial charge < -0.3 is 10.3 Å².